The van der Waals surface area contributed by atoms with E-state index in [4.69, 9.17) is 9.31 Å². The Morgan fingerprint density at radius 1 is 1.21 bits per heavy atom. The largest absolute Gasteiger partial charge is 0.490 e. The minimum atomic E-state index is -0.224. The Labute approximate surface area is 119 Å². The molecule has 0 saturated carbocycles. The molecule has 2 fully saturated rings. The van der Waals surface area contributed by atoms with Gasteiger partial charge in [0.25, 0.3) is 0 Å². The van der Waals surface area contributed by atoms with Crippen molar-refractivity contribution < 1.29 is 9.31 Å². The quantitative estimate of drug-likeness (QED) is 0.545. The molecule has 3 nitrogen and oxygen atoms in total. The lowest BCUT2D eigenvalue weighted by Gasteiger charge is -2.38. The SMILES string of the molecule is CC1(C)OB(C2=CC3CC(C2)CN(P)C3)OC1(C)C. The average molecular weight is 281 g/mol. The van der Waals surface area contributed by atoms with Gasteiger partial charge in [-0.25, -0.2) is 0 Å². The van der Waals surface area contributed by atoms with Crippen molar-refractivity contribution in [2.24, 2.45) is 11.8 Å². The first-order valence-corrected chi connectivity index (χ1v) is 7.84. The highest BCUT2D eigenvalue weighted by molar-refractivity contribution is 7.13. The molecule has 3 rings (SSSR count). The Balaban J connectivity index is 1.78. The Morgan fingerprint density at radius 3 is 2.42 bits per heavy atom. The van der Waals surface area contributed by atoms with E-state index in [1.54, 1.807) is 0 Å². The van der Waals surface area contributed by atoms with Crippen molar-refractivity contribution in [2.75, 3.05) is 13.1 Å². The van der Waals surface area contributed by atoms with Crippen LogP contribution >= 0.6 is 9.39 Å². The minimum absolute atomic E-state index is 0.133. The van der Waals surface area contributed by atoms with Crippen molar-refractivity contribution in [3.05, 3.63) is 11.5 Å². The van der Waals surface area contributed by atoms with Gasteiger partial charge in [-0.2, -0.15) is 0 Å². The van der Waals surface area contributed by atoms with Gasteiger partial charge in [-0.05, 0) is 57.8 Å². The third kappa shape index (κ3) is 2.53. The van der Waals surface area contributed by atoms with Crippen LogP contribution in [0, 0.1) is 11.8 Å². The Hall–Kier alpha value is 0.115. The highest BCUT2D eigenvalue weighted by Crippen LogP contribution is 2.42. The summed E-state index contributed by atoms with van der Waals surface area (Å²) in [6.07, 6.45) is 4.86. The zero-order valence-corrected chi connectivity index (χ0v) is 13.6. The first kappa shape index (κ1) is 14.1. The normalized spacial score (nSPS) is 37.3. The lowest BCUT2D eigenvalue weighted by atomic mass is 9.66. The second-order valence-corrected chi connectivity index (χ2v) is 8.08. The summed E-state index contributed by atoms with van der Waals surface area (Å²) in [5.41, 5.74) is 0.924. The van der Waals surface area contributed by atoms with Gasteiger partial charge in [-0.3, -0.25) is 4.67 Å². The molecule has 5 heteroatoms. The molecule has 0 radical (unpaired) electrons. The molecule has 1 aliphatic carbocycles. The van der Waals surface area contributed by atoms with Crippen LogP contribution in [0.4, 0.5) is 0 Å². The van der Waals surface area contributed by atoms with Crippen molar-refractivity contribution in [3.8, 4) is 0 Å². The third-order valence-electron chi connectivity index (χ3n) is 5.13. The molecule has 0 spiro atoms. The van der Waals surface area contributed by atoms with E-state index in [2.05, 4.69) is 47.8 Å². The zero-order valence-electron chi connectivity index (χ0n) is 12.5. The predicted molar refractivity (Wildman–Crippen MR) is 81.7 cm³/mol. The van der Waals surface area contributed by atoms with Crippen LogP contribution in [-0.2, 0) is 9.31 Å². The van der Waals surface area contributed by atoms with Crippen molar-refractivity contribution in [3.63, 3.8) is 0 Å². The molecule has 3 aliphatic rings. The molecule has 3 atom stereocenters. The molecule has 19 heavy (non-hydrogen) atoms. The molecule has 2 bridgehead atoms. The van der Waals surface area contributed by atoms with Gasteiger partial charge in [0.1, 0.15) is 0 Å². The van der Waals surface area contributed by atoms with Crippen LogP contribution in [0.2, 0.25) is 0 Å². The zero-order chi connectivity index (χ0) is 13.8. The second kappa shape index (κ2) is 4.56. The van der Waals surface area contributed by atoms with Crippen LogP contribution in [0.5, 0.6) is 0 Å². The maximum absolute atomic E-state index is 6.19. The second-order valence-electron chi connectivity index (χ2n) is 7.35. The maximum atomic E-state index is 6.19. The van der Waals surface area contributed by atoms with Gasteiger partial charge in [0.2, 0.25) is 0 Å². The van der Waals surface area contributed by atoms with E-state index in [1.165, 1.54) is 18.4 Å². The summed E-state index contributed by atoms with van der Waals surface area (Å²) < 4.78 is 14.7. The lowest BCUT2D eigenvalue weighted by Crippen LogP contribution is -2.41. The Bertz CT molecular complexity index is 394. The number of fused-ring (bicyclic) bond motifs is 2. The number of hydrogen-bond donors (Lipinski definition) is 0. The van der Waals surface area contributed by atoms with E-state index in [0.29, 0.717) is 5.92 Å². The molecule has 2 heterocycles. The molecule has 0 N–H and O–H groups in total. The summed E-state index contributed by atoms with van der Waals surface area (Å²) in [6, 6.07) is 0. The van der Waals surface area contributed by atoms with E-state index in [1.807, 2.05) is 0 Å². The predicted octanol–water partition coefficient (Wildman–Crippen LogP) is 2.68. The van der Waals surface area contributed by atoms with Crippen LogP contribution in [0.3, 0.4) is 0 Å². The number of nitrogens with zero attached hydrogens (tertiary/aromatic N) is 1. The minimum Gasteiger partial charge on any atom is -0.400 e. The summed E-state index contributed by atoms with van der Waals surface area (Å²) in [5.74, 6) is 1.43. The fourth-order valence-electron chi connectivity index (χ4n) is 3.43. The van der Waals surface area contributed by atoms with E-state index < -0.39 is 0 Å². The van der Waals surface area contributed by atoms with Gasteiger partial charge >= 0.3 is 7.12 Å². The number of rotatable bonds is 1. The van der Waals surface area contributed by atoms with Gasteiger partial charge in [0.15, 0.2) is 0 Å². The maximum Gasteiger partial charge on any atom is 0.490 e. The van der Waals surface area contributed by atoms with Crippen LogP contribution in [0.25, 0.3) is 0 Å². The molecular weight excluding hydrogens is 256 g/mol. The summed E-state index contributed by atoms with van der Waals surface area (Å²) in [7, 11) is 2.72. The highest BCUT2D eigenvalue weighted by Gasteiger charge is 2.53. The summed E-state index contributed by atoms with van der Waals surface area (Å²) in [6.45, 7) is 10.8. The van der Waals surface area contributed by atoms with Crippen molar-refractivity contribution in [2.45, 2.75) is 51.7 Å². The summed E-state index contributed by atoms with van der Waals surface area (Å²) in [5, 5.41) is 0. The fraction of sp³-hybridized carbons (Fsp3) is 0.857. The third-order valence-corrected chi connectivity index (χ3v) is 5.55. The molecule has 0 amide bonds. The lowest BCUT2D eigenvalue weighted by molar-refractivity contribution is 0.00578. The highest BCUT2D eigenvalue weighted by atomic mass is 31.0. The van der Waals surface area contributed by atoms with Gasteiger partial charge in [-0.1, -0.05) is 15.5 Å². The molecule has 2 saturated heterocycles. The molecular formula is C14H25BNO2P. The van der Waals surface area contributed by atoms with Crippen molar-refractivity contribution in [1.29, 1.82) is 0 Å². The molecule has 106 valence electrons. The summed E-state index contributed by atoms with van der Waals surface area (Å²) >= 11 is 0. The van der Waals surface area contributed by atoms with E-state index in [-0.39, 0.29) is 18.3 Å². The van der Waals surface area contributed by atoms with Crippen LogP contribution in [0.15, 0.2) is 11.5 Å². The van der Waals surface area contributed by atoms with Gasteiger partial charge in [0, 0.05) is 13.1 Å². The first-order chi connectivity index (χ1) is 8.77. The molecule has 0 aromatic heterocycles. The van der Waals surface area contributed by atoms with Crippen LogP contribution < -0.4 is 0 Å². The Kier molecular flexibility index (Phi) is 3.38. The molecule has 2 aliphatic heterocycles. The van der Waals surface area contributed by atoms with Crippen molar-refractivity contribution in [1.82, 2.24) is 4.67 Å². The molecule has 0 aromatic rings. The van der Waals surface area contributed by atoms with E-state index in [0.717, 1.165) is 18.9 Å². The number of hydrogen-bond acceptors (Lipinski definition) is 3. The standard InChI is InChI=1S/C14H25BNO2P/c1-13(2)14(3,4)18-15(17-13)12-6-10-5-11(7-12)9-16(19)8-10/h6,10-11H,5,7-9,19H2,1-4H3. The van der Waals surface area contributed by atoms with E-state index >= 15 is 0 Å². The fourth-order valence-corrected chi connectivity index (χ4v) is 4.00. The number of piperidine rings is 1. The topological polar surface area (TPSA) is 21.7 Å². The Morgan fingerprint density at radius 2 is 1.84 bits per heavy atom. The monoisotopic (exact) mass is 281 g/mol. The van der Waals surface area contributed by atoms with Crippen LogP contribution in [-0.4, -0.2) is 36.1 Å². The van der Waals surface area contributed by atoms with Gasteiger partial charge in [-0.15, -0.1) is 0 Å². The van der Waals surface area contributed by atoms with Crippen molar-refractivity contribution >= 4 is 16.5 Å². The average Bonchev–Trinajstić information content (AvgIpc) is 2.46. The first-order valence-electron chi connectivity index (χ1n) is 7.33. The molecule has 0 aromatic carbocycles. The molecule has 3 unspecified atom stereocenters. The van der Waals surface area contributed by atoms with Gasteiger partial charge in [0.05, 0.1) is 11.2 Å². The van der Waals surface area contributed by atoms with Crippen LogP contribution in [0.1, 0.15) is 40.5 Å². The smallest absolute Gasteiger partial charge is 0.400 e. The number of allylic oxidation sites excluding steroid dienone is 1. The summed E-state index contributed by atoms with van der Waals surface area (Å²) in [4.78, 5) is 0. The van der Waals surface area contributed by atoms with Gasteiger partial charge < -0.3 is 9.31 Å². The van der Waals surface area contributed by atoms with E-state index in [9.17, 15) is 0 Å².